The van der Waals surface area contributed by atoms with Crippen LogP contribution in [0.25, 0.3) is 0 Å². The Morgan fingerprint density at radius 1 is 1.04 bits per heavy atom. The van der Waals surface area contributed by atoms with Gasteiger partial charge in [-0.3, -0.25) is 9.78 Å². The molecule has 3 heterocycles. The van der Waals surface area contributed by atoms with E-state index in [9.17, 15) is 4.79 Å². The zero-order valence-corrected chi connectivity index (χ0v) is 14.3. The molecule has 0 saturated heterocycles. The van der Waals surface area contributed by atoms with Gasteiger partial charge in [0.15, 0.2) is 0 Å². The van der Waals surface area contributed by atoms with Crippen LogP contribution < -0.4 is 10.2 Å². The molecular weight excluding hydrogens is 326 g/mol. The van der Waals surface area contributed by atoms with Gasteiger partial charge in [0, 0.05) is 30.8 Å². The second-order valence-corrected chi connectivity index (χ2v) is 6.16. The minimum Gasteiger partial charge on any atom is -0.349 e. The molecule has 6 nitrogen and oxygen atoms in total. The number of fused-ring (bicyclic) bond motifs is 1. The monoisotopic (exact) mass is 345 g/mol. The van der Waals surface area contributed by atoms with Crippen LogP contribution >= 0.6 is 0 Å². The van der Waals surface area contributed by atoms with Crippen LogP contribution in [0.5, 0.6) is 0 Å². The maximum atomic E-state index is 12.9. The number of amides is 1. The van der Waals surface area contributed by atoms with Crippen molar-refractivity contribution in [3.05, 3.63) is 77.9 Å². The molecule has 0 spiro atoms. The summed E-state index contributed by atoms with van der Waals surface area (Å²) >= 11 is 0. The molecule has 0 atom stereocenters. The van der Waals surface area contributed by atoms with Crippen LogP contribution in [0.3, 0.4) is 0 Å². The first-order valence-corrected chi connectivity index (χ1v) is 8.67. The van der Waals surface area contributed by atoms with Gasteiger partial charge in [0.1, 0.15) is 0 Å². The Morgan fingerprint density at radius 2 is 1.85 bits per heavy atom. The normalized spacial score (nSPS) is 13.2. The molecule has 0 bridgehead atoms. The highest BCUT2D eigenvalue weighted by atomic mass is 16.2. The number of para-hydroxylation sites is 1. The Hall–Kier alpha value is -3.28. The Labute approximate surface area is 151 Å². The van der Waals surface area contributed by atoms with E-state index in [1.54, 1.807) is 18.6 Å². The number of pyridine rings is 1. The Morgan fingerprint density at radius 3 is 2.65 bits per heavy atom. The Balaban J connectivity index is 1.46. The lowest BCUT2D eigenvalue weighted by Gasteiger charge is -2.29. The van der Waals surface area contributed by atoms with Crippen LogP contribution in [0.15, 0.2) is 61.1 Å². The number of benzene rings is 1. The van der Waals surface area contributed by atoms with Crippen molar-refractivity contribution < 1.29 is 4.79 Å². The van der Waals surface area contributed by atoms with E-state index < -0.39 is 0 Å². The van der Waals surface area contributed by atoms with Crippen molar-refractivity contribution in [2.45, 2.75) is 19.4 Å². The van der Waals surface area contributed by atoms with Crippen molar-refractivity contribution in [2.75, 3.05) is 16.8 Å². The third kappa shape index (κ3) is 3.39. The molecule has 130 valence electrons. The van der Waals surface area contributed by atoms with E-state index in [1.807, 2.05) is 41.3 Å². The summed E-state index contributed by atoms with van der Waals surface area (Å²) in [5, 5.41) is 3.11. The van der Waals surface area contributed by atoms with E-state index in [1.165, 1.54) is 5.56 Å². The van der Waals surface area contributed by atoms with Crippen molar-refractivity contribution in [2.24, 2.45) is 0 Å². The minimum atomic E-state index is -0.0616. The van der Waals surface area contributed by atoms with Crippen LogP contribution in [-0.2, 0) is 13.0 Å². The molecule has 1 N–H and O–H groups in total. The van der Waals surface area contributed by atoms with Crippen molar-refractivity contribution in [1.29, 1.82) is 0 Å². The van der Waals surface area contributed by atoms with Crippen molar-refractivity contribution in [1.82, 2.24) is 15.0 Å². The highest BCUT2D eigenvalue weighted by Gasteiger charge is 2.23. The molecule has 1 aliphatic rings. The molecular formula is C20H19N5O. The predicted molar refractivity (Wildman–Crippen MR) is 100 cm³/mol. The van der Waals surface area contributed by atoms with Gasteiger partial charge in [-0.05, 0) is 36.6 Å². The third-order valence-corrected chi connectivity index (χ3v) is 4.41. The van der Waals surface area contributed by atoms with Gasteiger partial charge in [-0.25, -0.2) is 9.97 Å². The molecule has 4 rings (SSSR count). The van der Waals surface area contributed by atoms with Crippen molar-refractivity contribution >= 4 is 17.5 Å². The lowest BCUT2D eigenvalue weighted by molar-refractivity contribution is 0.0984. The van der Waals surface area contributed by atoms with Crippen LogP contribution in [0.2, 0.25) is 0 Å². The predicted octanol–water partition coefficient (Wildman–Crippen LogP) is 3.08. The molecule has 0 saturated carbocycles. The summed E-state index contributed by atoms with van der Waals surface area (Å²) in [4.78, 5) is 27.5. The fraction of sp³-hybridized carbons (Fsp3) is 0.200. The van der Waals surface area contributed by atoms with Gasteiger partial charge in [0.25, 0.3) is 5.91 Å². The molecule has 0 radical (unpaired) electrons. The maximum absolute atomic E-state index is 12.9. The standard InChI is InChI=1S/C20H19N5O/c26-19(25-11-5-7-15-6-1-2-9-18(15)25)16-12-22-20(23-13-16)24-14-17-8-3-4-10-21-17/h1-4,6,8-10,12-13H,5,7,11,14H2,(H,22,23,24). The number of nitrogens with one attached hydrogen (secondary N) is 1. The van der Waals surface area contributed by atoms with E-state index in [0.29, 0.717) is 18.1 Å². The largest absolute Gasteiger partial charge is 0.349 e. The second-order valence-electron chi connectivity index (χ2n) is 6.16. The summed E-state index contributed by atoms with van der Waals surface area (Å²) in [5.41, 5.74) is 3.59. The zero-order chi connectivity index (χ0) is 17.8. The molecule has 0 aliphatic carbocycles. The van der Waals surface area contributed by atoms with Gasteiger partial charge in [0.05, 0.1) is 17.8 Å². The maximum Gasteiger partial charge on any atom is 0.261 e. The fourth-order valence-corrected chi connectivity index (χ4v) is 3.10. The van der Waals surface area contributed by atoms with Crippen molar-refractivity contribution in [3.8, 4) is 0 Å². The number of carbonyl (C=O) groups excluding carboxylic acids is 1. The van der Waals surface area contributed by atoms with Gasteiger partial charge >= 0.3 is 0 Å². The molecule has 0 fully saturated rings. The Bertz CT molecular complexity index is 896. The van der Waals surface area contributed by atoms with E-state index in [2.05, 4.69) is 26.3 Å². The first-order chi connectivity index (χ1) is 12.8. The van der Waals surface area contributed by atoms with Crippen LogP contribution in [0, 0.1) is 0 Å². The topological polar surface area (TPSA) is 71.0 Å². The van der Waals surface area contributed by atoms with Gasteiger partial charge in [0.2, 0.25) is 5.95 Å². The Kier molecular flexibility index (Phi) is 4.55. The van der Waals surface area contributed by atoms with E-state index >= 15 is 0 Å². The number of aromatic nitrogens is 3. The highest BCUT2D eigenvalue weighted by molar-refractivity contribution is 6.06. The number of nitrogens with zero attached hydrogens (tertiary/aromatic N) is 4. The number of hydrogen-bond acceptors (Lipinski definition) is 5. The summed E-state index contributed by atoms with van der Waals surface area (Å²) in [7, 11) is 0. The smallest absolute Gasteiger partial charge is 0.261 e. The van der Waals surface area contributed by atoms with Crippen molar-refractivity contribution in [3.63, 3.8) is 0 Å². The first-order valence-electron chi connectivity index (χ1n) is 8.67. The fourth-order valence-electron chi connectivity index (χ4n) is 3.10. The number of aryl methyl sites for hydroxylation is 1. The first kappa shape index (κ1) is 16.2. The molecule has 6 heteroatoms. The second kappa shape index (κ2) is 7.31. The summed E-state index contributed by atoms with van der Waals surface area (Å²) in [6, 6.07) is 13.8. The summed E-state index contributed by atoms with van der Waals surface area (Å²) in [6.45, 7) is 1.25. The molecule has 1 aliphatic heterocycles. The van der Waals surface area contributed by atoms with E-state index in [4.69, 9.17) is 0 Å². The number of carbonyl (C=O) groups is 1. The van der Waals surface area contributed by atoms with Gasteiger partial charge in [-0.2, -0.15) is 0 Å². The van der Waals surface area contributed by atoms with Crippen LogP contribution in [-0.4, -0.2) is 27.4 Å². The lowest BCUT2D eigenvalue weighted by atomic mass is 10.0. The van der Waals surface area contributed by atoms with Crippen LogP contribution in [0.1, 0.15) is 28.0 Å². The molecule has 26 heavy (non-hydrogen) atoms. The minimum absolute atomic E-state index is 0.0616. The summed E-state index contributed by atoms with van der Waals surface area (Å²) in [5.74, 6) is 0.416. The number of rotatable bonds is 4. The van der Waals surface area contributed by atoms with E-state index in [-0.39, 0.29) is 5.91 Å². The molecule has 1 aromatic carbocycles. The van der Waals surface area contributed by atoms with Gasteiger partial charge in [-0.1, -0.05) is 24.3 Å². The number of anilines is 2. The number of hydrogen-bond donors (Lipinski definition) is 1. The van der Waals surface area contributed by atoms with Gasteiger partial charge in [-0.15, -0.1) is 0 Å². The zero-order valence-electron chi connectivity index (χ0n) is 14.3. The lowest BCUT2D eigenvalue weighted by Crippen LogP contribution is -2.35. The quantitative estimate of drug-likeness (QED) is 0.787. The van der Waals surface area contributed by atoms with Crippen LogP contribution in [0.4, 0.5) is 11.6 Å². The highest BCUT2D eigenvalue weighted by Crippen LogP contribution is 2.27. The molecule has 3 aromatic rings. The SMILES string of the molecule is O=C(c1cnc(NCc2ccccn2)nc1)N1CCCc2ccccc21. The summed E-state index contributed by atoms with van der Waals surface area (Å²) in [6.07, 6.45) is 6.87. The summed E-state index contributed by atoms with van der Waals surface area (Å²) < 4.78 is 0. The average Bonchev–Trinajstić information content (AvgIpc) is 2.72. The van der Waals surface area contributed by atoms with Gasteiger partial charge < -0.3 is 10.2 Å². The van der Waals surface area contributed by atoms with E-state index in [0.717, 1.165) is 30.8 Å². The molecule has 2 aromatic heterocycles. The average molecular weight is 345 g/mol. The molecule has 1 amide bonds. The third-order valence-electron chi connectivity index (χ3n) is 4.41. The molecule has 0 unspecified atom stereocenters.